The summed E-state index contributed by atoms with van der Waals surface area (Å²) < 4.78 is 41.9. The van der Waals surface area contributed by atoms with Gasteiger partial charge in [0.15, 0.2) is 14.6 Å². The number of ether oxygens (including phenoxy) is 2. The highest BCUT2D eigenvalue weighted by molar-refractivity contribution is 7.93. The van der Waals surface area contributed by atoms with Crippen LogP contribution in [0.5, 0.6) is 5.75 Å². The van der Waals surface area contributed by atoms with Crippen LogP contribution in [-0.2, 0) is 25.8 Å². The molecule has 1 amide bonds. The highest BCUT2D eigenvalue weighted by Crippen LogP contribution is 2.36. The van der Waals surface area contributed by atoms with E-state index < -0.39 is 20.5 Å². The molecule has 5 rings (SSSR count). The molecule has 1 fully saturated rings. The summed E-state index contributed by atoms with van der Waals surface area (Å²) >= 11 is 0. The Morgan fingerprint density at radius 1 is 1.05 bits per heavy atom. The van der Waals surface area contributed by atoms with Gasteiger partial charge in [0.05, 0.1) is 18.1 Å². The van der Waals surface area contributed by atoms with Crippen LogP contribution in [-0.4, -0.2) is 79.3 Å². The molecule has 0 bridgehead atoms. The molecule has 1 saturated heterocycles. The van der Waals surface area contributed by atoms with Crippen LogP contribution < -0.4 is 10.2 Å². The molecule has 0 spiro atoms. The molecule has 11 nitrogen and oxygen atoms in total. The molecule has 1 aromatic heterocycles. The van der Waals surface area contributed by atoms with E-state index in [-0.39, 0.29) is 17.7 Å². The van der Waals surface area contributed by atoms with Crippen LogP contribution in [0, 0.1) is 0 Å². The third-order valence-electron chi connectivity index (χ3n) is 7.74. The van der Waals surface area contributed by atoms with Gasteiger partial charge in [-0.15, -0.1) is 0 Å². The minimum absolute atomic E-state index is 0.00406. The summed E-state index contributed by atoms with van der Waals surface area (Å²) in [5, 5.41) is 15.7. The van der Waals surface area contributed by atoms with Crippen molar-refractivity contribution in [1.29, 1.82) is 0 Å². The van der Waals surface area contributed by atoms with Crippen LogP contribution in [0.1, 0.15) is 25.2 Å². The van der Waals surface area contributed by atoms with Gasteiger partial charge in [0.2, 0.25) is 11.7 Å². The topological polar surface area (TPSA) is 144 Å². The molecule has 0 saturated carbocycles. The van der Waals surface area contributed by atoms with Crippen LogP contribution in [0.4, 0.5) is 0 Å². The number of hydroxylamine groups is 1. The van der Waals surface area contributed by atoms with Crippen molar-refractivity contribution in [1.82, 2.24) is 20.5 Å². The fraction of sp³-hybridized carbons (Fsp3) is 0.367. The molecule has 4 aromatic rings. The van der Waals surface area contributed by atoms with E-state index in [0.717, 1.165) is 16.3 Å². The zero-order valence-corrected chi connectivity index (χ0v) is 24.2. The molecule has 1 aliphatic rings. The van der Waals surface area contributed by atoms with Crippen molar-refractivity contribution in [3.8, 4) is 17.1 Å². The molecule has 2 N–H and O–H groups in total. The van der Waals surface area contributed by atoms with Crippen molar-refractivity contribution < 1.29 is 32.4 Å². The minimum atomic E-state index is -4.10. The Bertz CT molecular complexity index is 1610. The largest absolute Gasteiger partial charge is 0.494 e. The van der Waals surface area contributed by atoms with Crippen molar-refractivity contribution in [2.24, 2.45) is 0 Å². The Morgan fingerprint density at radius 3 is 2.52 bits per heavy atom. The fourth-order valence-corrected chi connectivity index (χ4v) is 7.27. The van der Waals surface area contributed by atoms with Crippen molar-refractivity contribution in [2.75, 3.05) is 40.0 Å². The summed E-state index contributed by atoms with van der Waals surface area (Å²) in [5.74, 6) is 0.612. The van der Waals surface area contributed by atoms with E-state index in [1.54, 1.807) is 24.7 Å². The van der Waals surface area contributed by atoms with E-state index in [4.69, 9.17) is 14.0 Å². The van der Waals surface area contributed by atoms with E-state index >= 15 is 0 Å². The van der Waals surface area contributed by atoms with Crippen LogP contribution in [0.15, 0.2) is 76.1 Å². The Kier molecular flexibility index (Phi) is 9.17. The van der Waals surface area contributed by atoms with E-state index in [2.05, 4.69) is 10.1 Å². The number of piperidine rings is 1. The third kappa shape index (κ3) is 6.02. The van der Waals surface area contributed by atoms with Gasteiger partial charge in [-0.3, -0.25) is 10.0 Å². The first kappa shape index (κ1) is 29.6. The first-order chi connectivity index (χ1) is 20.4. The quantitative estimate of drug-likeness (QED) is 0.142. The van der Waals surface area contributed by atoms with Crippen LogP contribution in [0.2, 0.25) is 0 Å². The number of sulfone groups is 1. The average molecular weight is 595 g/mol. The highest BCUT2D eigenvalue weighted by Gasteiger charge is 2.52. The standard InChI is InChI=1S/C30H34N4O7S/c1-39-21-19-34-17-15-30(16-18-34,29(35)32-36)42(37,38)24-13-11-23(12-14-24)40-20-5-10-27-31-28(33-41-27)26-9-4-7-22-6-2-3-8-25(22)26/h2-4,6-9,11-14,36H,5,10,15-21H2,1H3,(H,32,35). The predicted octanol–water partition coefficient (Wildman–Crippen LogP) is 3.66. The molecule has 0 atom stereocenters. The Balaban J connectivity index is 1.18. The first-order valence-corrected chi connectivity index (χ1v) is 15.3. The summed E-state index contributed by atoms with van der Waals surface area (Å²) in [4.78, 5) is 19.3. The second kappa shape index (κ2) is 13.0. The summed E-state index contributed by atoms with van der Waals surface area (Å²) in [5.41, 5.74) is 2.49. The number of nitrogens with one attached hydrogen (secondary N) is 1. The lowest BCUT2D eigenvalue weighted by molar-refractivity contribution is -0.133. The lowest BCUT2D eigenvalue weighted by Gasteiger charge is -2.39. The van der Waals surface area contributed by atoms with Crippen molar-refractivity contribution >= 4 is 26.5 Å². The zero-order valence-electron chi connectivity index (χ0n) is 23.4. The molecule has 0 radical (unpaired) electrons. The maximum absolute atomic E-state index is 13.7. The Labute approximate surface area is 244 Å². The molecule has 12 heteroatoms. The molecule has 2 heterocycles. The lowest BCUT2D eigenvalue weighted by atomic mass is 9.95. The number of aryl methyl sites for hydroxylation is 1. The van der Waals surface area contributed by atoms with Crippen LogP contribution in [0.3, 0.4) is 0 Å². The van der Waals surface area contributed by atoms with Gasteiger partial charge in [-0.2, -0.15) is 4.98 Å². The summed E-state index contributed by atoms with van der Waals surface area (Å²) in [6.45, 7) is 2.28. The second-order valence-corrected chi connectivity index (χ2v) is 12.5. The van der Waals surface area contributed by atoms with E-state index in [1.165, 1.54) is 12.1 Å². The fourth-order valence-electron chi connectivity index (χ4n) is 5.32. The SMILES string of the molecule is COCCN1CCC(C(=O)NO)(S(=O)(=O)c2ccc(OCCCc3nc(-c4cccc5ccccc45)no3)cc2)CC1. The molecule has 222 valence electrons. The summed E-state index contributed by atoms with van der Waals surface area (Å²) in [6, 6.07) is 20.0. The number of methoxy groups -OCH3 is 1. The van der Waals surface area contributed by atoms with Gasteiger partial charge >= 0.3 is 0 Å². The lowest BCUT2D eigenvalue weighted by Crippen LogP contribution is -2.57. The number of carbonyl (C=O) groups is 1. The summed E-state index contributed by atoms with van der Waals surface area (Å²) in [7, 11) is -2.51. The van der Waals surface area contributed by atoms with E-state index in [0.29, 0.717) is 63.2 Å². The van der Waals surface area contributed by atoms with Gasteiger partial charge in [0, 0.05) is 38.7 Å². The number of hydrogen-bond acceptors (Lipinski definition) is 10. The maximum Gasteiger partial charge on any atom is 0.265 e. The van der Waals surface area contributed by atoms with Gasteiger partial charge in [-0.25, -0.2) is 13.9 Å². The molecular weight excluding hydrogens is 560 g/mol. The number of amides is 1. The number of benzene rings is 3. The van der Waals surface area contributed by atoms with Gasteiger partial charge in [-0.1, -0.05) is 47.6 Å². The second-order valence-electron chi connectivity index (χ2n) is 10.2. The van der Waals surface area contributed by atoms with Crippen molar-refractivity contribution in [3.63, 3.8) is 0 Å². The Morgan fingerprint density at radius 2 is 1.79 bits per heavy atom. The first-order valence-electron chi connectivity index (χ1n) is 13.8. The van der Waals surface area contributed by atoms with E-state index in [1.807, 2.05) is 47.4 Å². The third-order valence-corrected chi connectivity index (χ3v) is 10.3. The predicted molar refractivity (Wildman–Crippen MR) is 155 cm³/mol. The normalized spacial score (nSPS) is 15.5. The number of nitrogens with zero attached hydrogens (tertiary/aromatic N) is 3. The maximum atomic E-state index is 13.7. The molecule has 0 aliphatic carbocycles. The molecule has 3 aromatic carbocycles. The van der Waals surface area contributed by atoms with E-state index in [9.17, 15) is 18.4 Å². The van der Waals surface area contributed by atoms with Crippen LogP contribution >= 0.6 is 0 Å². The number of rotatable bonds is 12. The molecule has 0 unspecified atom stereocenters. The zero-order chi connectivity index (χ0) is 29.6. The van der Waals surface area contributed by atoms with Gasteiger partial charge in [0.1, 0.15) is 5.75 Å². The van der Waals surface area contributed by atoms with Gasteiger partial charge in [-0.05, 0) is 54.3 Å². The van der Waals surface area contributed by atoms with Gasteiger partial charge in [0.25, 0.3) is 5.91 Å². The van der Waals surface area contributed by atoms with Crippen molar-refractivity contribution in [3.05, 3.63) is 72.6 Å². The van der Waals surface area contributed by atoms with Crippen molar-refractivity contribution in [2.45, 2.75) is 35.3 Å². The number of hydrogen-bond donors (Lipinski definition) is 2. The smallest absolute Gasteiger partial charge is 0.265 e. The average Bonchev–Trinajstić information content (AvgIpc) is 3.50. The number of carbonyl (C=O) groups excluding carboxylic acids is 1. The molecular formula is C30H34N4O7S. The number of likely N-dealkylation sites (tertiary alicyclic amines) is 1. The Hall–Kier alpha value is -3.84. The summed E-state index contributed by atoms with van der Waals surface area (Å²) in [6.07, 6.45) is 1.24. The molecule has 42 heavy (non-hydrogen) atoms. The van der Waals surface area contributed by atoms with Crippen LogP contribution in [0.25, 0.3) is 22.2 Å². The number of fused-ring (bicyclic) bond motifs is 1. The highest BCUT2D eigenvalue weighted by atomic mass is 32.2. The number of aromatic nitrogens is 2. The minimum Gasteiger partial charge on any atom is -0.494 e. The monoisotopic (exact) mass is 594 g/mol. The molecule has 1 aliphatic heterocycles. The van der Waals surface area contributed by atoms with Gasteiger partial charge < -0.3 is 18.9 Å².